The lowest BCUT2D eigenvalue weighted by molar-refractivity contribution is -0.0243. The van der Waals surface area contributed by atoms with Gasteiger partial charge in [-0.05, 0) is 53.5 Å². The van der Waals surface area contributed by atoms with Crippen LogP contribution < -0.4 is 5.32 Å². The van der Waals surface area contributed by atoms with Crippen molar-refractivity contribution in [2.75, 3.05) is 7.05 Å². The largest absolute Gasteiger partial charge is 0.376 e. The second kappa shape index (κ2) is 4.43. The van der Waals surface area contributed by atoms with Crippen LogP contribution in [0.15, 0.2) is 0 Å². The fourth-order valence-corrected chi connectivity index (χ4v) is 2.00. The van der Waals surface area contributed by atoms with Crippen molar-refractivity contribution in [2.24, 2.45) is 0 Å². The van der Waals surface area contributed by atoms with Gasteiger partial charge in [-0.15, -0.1) is 0 Å². The molecule has 1 N–H and O–H groups in total. The second-order valence-corrected chi connectivity index (χ2v) is 4.69. The maximum Gasteiger partial charge on any atom is 0.0580 e. The SMILES string of the molecule is CNC1(C)CCC(OC(C)C)CC1. The van der Waals surface area contributed by atoms with Crippen LogP contribution in [0, 0.1) is 0 Å². The molecule has 0 saturated heterocycles. The molecule has 0 aliphatic heterocycles. The van der Waals surface area contributed by atoms with Crippen molar-refractivity contribution in [1.29, 1.82) is 0 Å². The van der Waals surface area contributed by atoms with Gasteiger partial charge in [0, 0.05) is 5.54 Å². The molecule has 0 bridgehead atoms. The first-order chi connectivity index (χ1) is 6.06. The molecule has 78 valence electrons. The third kappa shape index (κ3) is 3.28. The Morgan fingerprint density at radius 1 is 1.31 bits per heavy atom. The van der Waals surface area contributed by atoms with Crippen molar-refractivity contribution in [3.8, 4) is 0 Å². The lowest BCUT2D eigenvalue weighted by atomic mass is 9.82. The summed E-state index contributed by atoms with van der Waals surface area (Å²) in [7, 11) is 2.06. The molecule has 1 saturated carbocycles. The van der Waals surface area contributed by atoms with E-state index in [1.165, 1.54) is 25.7 Å². The molecule has 0 spiro atoms. The first-order valence-electron chi connectivity index (χ1n) is 5.40. The van der Waals surface area contributed by atoms with Gasteiger partial charge in [0.25, 0.3) is 0 Å². The number of hydrogen-bond acceptors (Lipinski definition) is 2. The zero-order valence-corrected chi connectivity index (χ0v) is 9.39. The Kier molecular flexibility index (Phi) is 3.74. The van der Waals surface area contributed by atoms with E-state index in [0.717, 1.165) is 0 Å². The molecule has 0 aromatic rings. The van der Waals surface area contributed by atoms with Gasteiger partial charge in [-0.1, -0.05) is 0 Å². The van der Waals surface area contributed by atoms with E-state index in [0.29, 0.717) is 17.7 Å². The molecular formula is C11H23NO. The molecule has 13 heavy (non-hydrogen) atoms. The van der Waals surface area contributed by atoms with Gasteiger partial charge in [-0.2, -0.15) is 0 Å². The highest BCUT2D eigenvalue weighted by Gasteiger charge is 2.29. The van der Waals surface area contributed by atoms with Crippen LogP contribution >= 0.6 is 0 Å². The Hall–Kier alpha value is -0.0800. The summed E-state index contributed by atoms with van der Waals surface area (Å²) in [6, 6.07) is 0. The van der Waals surface area contributed by atoms with Crippen LogP contribution in [0.1, 0.15) is 46.5 Å². The Morgan fingerprint density at radius 3 is 2.23 bits per heavy atom. The predicted octanol–water partition coefficient (Wildman–Crippen LogP) is 2.33. The van der Waals surface area contributed by atoms with Crippen LogP contribution in [0.3, 0.4) is 0 Å². The summed E-state index contributed by atoms with van der Waals surface area (Å²) >= 11 is 0. The van der Waals surface area contributed by atoms with E-state index in [9.17, 15) is 0 Å². The van der Waals surface area contributed by atoms with E-state index < -0.39 is 0 Å². The summed E-state index contributed by atoms with van der Waals surface area (Å²) in [5.41, 5.74) is 0.358. The Balaban J connectivity index is 2.30. The lowest BCUT2D eigenvalue weighted by Gasteiger charge is -2.37. The molecule has 0 heterocycles. The van der Waals surface area contributed by atoms with Gasteiger partial charge >= 0.3 is 0 Å². The van der Waals surface area contributed by atoms with E-state index in [4.69, 9.17) is 4.74 Å². The highest BCUT2D eigenvalue weighted by atomic mass is 16.5. The molecule has 1 aliphatic rings. The number of hydrogen-bond donors (Lipinski definition) is 1. The molecule has 0 radical (unpaired) electrons. The maximum absolute atomic E-state index is 5.80. The Bertz CT molecular complexity index is 148. The molecule has 0 unspecified atom stereocenters. The van der Waals surface area contributed by atoms with Gasteiger partial charge in [0.2, 0.25) is 0 Å². The summed E-state index contributed by atoms with van der Waals surface area (Å²) in [5, 5.41) is 3.40. The van der Waals surface area contributed by atoms with Gasteiger partial charge in [0.05, 0.1) is 12.2 Å². The molecule has 0 atom stereocenters. The molecular weight excluding hydrogens is 162 g/mol. The fraction of sp³-hybridized carbons (Fsp3) is 1.00. The van der Waals surface area contributed by atoms with E-state index in [-0.39, 0.29) is 0 Å². The summed E-state index contributed by atoms with van der Waals surface area (Å²) < 4.78 is 5.80. The van der Waals surface area contributed by atoms with Crippen molar-refractivity contribution in [1.82, 2.24) is 5.32 Å². The zero-order chi connectivity index (χ0) is 9.90. The lowest BCUT2D eigenvalue weighted by Crippen LogP contribution is -2.44. The molecule has 1 rings (SSSR count). The van der Waals surface area contributed by atoms with Crippen LogP contribution in [-0.2, 0) is 4.74 Å². The van der Waals surface area contributed by atoms with Crippen molar-refractivity contribution in [3.63, 3.8) is 0 Å². The predicted molar refractivity (Wildman–Crippen MR) is 55.9 cm³/mol. The number of rotatable bonds is 3. The van der Waals surface area contributed by atoms with E-state index in [1.54, 1.807) is 0 Å². The molecule has 2 nitrogen and oxygen atoms in total. The van der Waals surface area contributed by atoms with Crippen molar-refractivity contribution in [2.45, 2.75) is 64.2 Å². The summed E-state index contributed by atoms with van der Waals surface area (Å²) in [6.07, 6.45) is 5.76. The minimum atomic E-state index is 0.358. The quantitative estimate of drug-likeness (QED) is 0.728. The van der Waals surface area contributed by atoms with Crippen LogP contribution in [0.5, 0.6) is 0 Å². The van der Waals surface area contributed by atoms with Gasteiger partial charge < -0.3 is 10.1 Å². The number of ether oxygens (including phenoxy) is 1. The third-order valence-corrected chi connectivity index (χ3v) is 3.10. The summed E-state index contributed by atoms with van der Waals surface area (Å²) in [4.78, 5) is 0. The molecule has 0 aromatic carbocycles. The highest BCUT2D eigenvalue weighted by Crippen LogP contribution is 2.29. The van der Waals surface area contributed by atoms with Gasteiger partial charge in [0.1, 0.15) is 0 Å². The monoisotopic (exact) mass is 185 g/mol. The molecule has 2 heteroatoms. The van der Waals surface area contributed by atoms with E-state index >= 15 is 0 Å². The van der Waals surface area contributed by atoms with Crippen LogP contribution in [0.2, 0.25) is 0 Å². The molecule has 0 amide bonds. The van der Waals surface area contributed by atoms with E-state index in [2.05, 4.69) is 33.1 Å². The molecule has 0 aromatic heterocycles. The minimum absolute atomic E-state index is 0.358. The van der Waals surface area contributed by atoms with Crippen LogP contribution in [0.25, 0.3) is 0 Å². The summed E-state index contributed by atoms with van der Waals surface area (Å²) in [5.74, 6) is 0. The molecule has 1 fully saturated rings. The highest BCUT2D eigenvalue weighted by molar-refractivity contribution is 4.88. The first-order valence-corrected chi connectivity index (χ1v) is 5.40. The van der Waals surface area contributed by atoms with Crippen LogP contribution in [0.4, 0.5) is 0 Å². The third-order valence-electron chi connectivity index (χ3n) is 3.10. The standard InChI is InChI=1S/C11H23NO/c1-9(2)13-10-5-7-11(3,12-4)8-6-10/h9-10,12H,5-8H2,1-4H3. The Morgan fingerprint density at radius 2 is 1.85 bits per heavy atom. The summed E-state index contributed by atoms with van der Waals surface area (Å²) in [6.45, 7) is 6.54. The van der Waals surface area contributed by atoms with E-state index in [1.807, 2.05) is 0 Å². The maximum atomic E-state index is 5.80. The normalized spacial score (nSPS) is 35.3. The van der Waals surface area contributed by atoms with Crippen molar-refractivity contribution in [3.05, 3.63) is 0 Å². The first kappa shape index (κ1) is 11.0. The van der Waals surface area contributed by atoms with Crippen molar-refractivity contribution < 1.29 is 4.74 Å². The Labute approximate surface area is 82.0 Å². The fourth-order valence-electron chi connectivity index (χ4n) is 2.00. The van der Waals surface area contributed by atoms with Crippen molar-refractivity contribution >= 4 is 0 Å². The zero-order valence-electron chi connectivity index (χ0n) is 9.39. The van der Waals surface area contributed by atoms with Gasteiger partial charge in [0.15, 0.2) is 0 Å². The molecule has 1 aliphatic carbocycles. The second-order valence-electron chi connectivity index (χ2n) is 4.69. The van der Waals surface area contributed by atoms with Gasteiger partial charge in [-0.25, -0.2) is 0 Å². The minimum Gasteiger partial charge on any atom is -0.376 e. The van der Waals surface area contributed by atoms with Crippen LogP contribution in [-0.4, -0.2) is 24.8 Å². The van der Waals surface area contributed by atoms with Gasteiger partial charge in [-0.3, -0.25) is 0 Å². The average molecular weight is 185 g/mol. The topological polar surface area (TPSA) is 21.3 Å². The number of nitrogens with one attached hydrogen (secondary N) is 1. The average Bonchev–Trinajstić information content (AvgIpc) is 2.09. The smallest absolute Gasteiger partial charge is 0.0580 e.